The van der Waals surface area contributed by atoms with Gasteiger partial charge in [0.25, 0.3) is 0 Å². The van der Waals surface area contributed by atoms with Crippen molar-refractivity contribution in [2.45, 2.75) is 37.8 Å². The summed E-state index contributed by atoms with van der Waals surface area (Å²) in [5.41, 5.74) is 14.4. The van der Waals surface area contributed by atoms with E-state index in [1.54, 1.807) is 5.56 Å². The van der Waals surface area contributed by atoms with E-state index in [4.69, 9.17) is 4.74 Å². The molecule has 4 aliphatic rings. The van der Waals surface area contributed by atoms with Gasteiger partial charge < -0.3 is 4.74 Å². The number of fused-ring (bicyclic) bond motifs is 4. The van der Waals surface area contributed by atoms with Crippen LogP contribution in [0.3, 0.4) is 0 Å². The van der Waals surface area contributed by atoms with Gasteiger partial charge in [0.1, 0.15) is 11.5 Å². The molecule has 8 rings (SSSR count). The van der Waals surface area contributed by atoms with Crippen LogP contribution in [-0.2, 0) is 25.7 Å². The van der Waals surface area contributed by atoms with Crippen LogP contribution < -0.4 is 4.74 Å². The molecule has 3 heteroatoms. The Kier molecular flexibility index (Phi) is 4.71. The number of hydrogen-bond donors (Lipinski definition) is 0. The minimum absolute atomic E-state index is 0.460. The third-order valence-corrected chi connectivity index (χ3v) is 9.39. The fourth-order valence-electron chi connectivity index (χ4n) is 7.45. The van der Waals surface area contributed by atoms with Gasteiger partial charge in [0.05, 0.1) is 0 Å². The van der Waals surface area contributed by atoms with Crippen LogP contribution >= 0.6 is 0 Å². The average Bonchev–Trinajstić information content (AvgIpc) is 2.92. The highest BCUT2D eigenvalue weighted by molar-refractivity contribution is 5.78. The van der Waals surface area contributed by atoms with Gasteiger partial charge in [-0.25, -0.2) is 0 Å². The van der Waals surface area contributed by atoms with Crippen molar-refractivity contribution in [2.75, 3.05) is 27.2 Å². The maximum atomic E-state index is 6.54. The maximum Gasteiger partial charge on any atom is 0.128 e. The standard InChI is InChI=1S/C34H32N2O/c1-35-15-14-22-6-4-8-29-30-20-26(10-9-23(30)18-31(35)34(22)29)37-25-11-12-27-24(17-25)19-32-33-21(13-16-36(32)2)5-3-7-28(27)33/h3-12,17,20,31-32H,13-16,18-19H2,1-2H3/t31-,32-/m1/s1. The van der Waals surface area contributed by atoms with Gasteiger partial charge in [-0.15, -0.1) is 0 Å². The second-order valence-corrected chi connectivity index (χ2v) is 11.4. The van der Waals surface area contributed by atoms with Crippen molar-refractivity contribution in [1.82, 2.24) is 9.80 Å². The van der Waals surface area contributed by atoms with E-state index in [1.807, 2.05) is 0 Å². The molecule has 0 bridgehead atoms. The molecule has 0 amide bonds. The lowest BCUT2D eigenvalue weighted by Crippen LogP contribution is -2.35. The zero-order valence-corrected chi connectivity index (χ0v) is 21.6. The lowest BCUT2D eigenvalue weighted by Gasteiger charge is -2.40. The Hall–Kier alpha value is -3.40. The van der Waals surface area contributed by atoms with Gasteiger partial charge in [0, 0.05) is 25.2 Å². The highest BCUT2D eigenvalue weighted by Gasteiger charge is 2.34. The zero-order valence-electron chi connectivity index (χ0n) is 21.6. The number of hydrogen-bond acceptors (Lipinski definition) is 3. The van der Waals surface area contributed by atoms with Crippen molar-refractivity contribution in [3.63, 3.8) is 0 Å². The van der Waals surface area contributed by atoms with Crippen molar-refractivity contribution >= 4 is 0 Å². The predicted octanol–water partition coefficient (Wildman–Crippen LogP) is 6.98. The number of ether oxygens (including phenoxy) is 1. The van der Waals surface area contributed by atoms with Crippen LogP contribution in [0.4, 0.5) is 0 Å². The molecule has 3 nitrogen and oxygen atoms in total. The molecule has 0 aromatic heterocycles. The van der Waals surface area contributed by atoms with Crippen molar-refractivity contribution in [3.05, 3.63) is 106 Å². The van der Waals surface area contributed by atoms with Crippen molar-refractivity contribution in [2.24, 2.45) is 0 Å². The van der Waals surface area contributed by atoms with Crippen LogP contribution in [0, 0.1) is 0 Å². The third kappa shape index (κ3) is 3.27. The second-order valence-electron chi connectivity index (χ2n) is 11.4. The first-order valence-corrected chi connectivity index (χ1v) is 13.7. The Morgan fingerprint density at radius 2 is 1.16 bits per heavy atom. The summed E-state index contributed by atoms with van der Waals surface area (Å²) >= 11 is 0. The quantitative estimate of drug-likeness (QED) is 0.305. The average molecular weight is 485 g/mol. The fraction of sp³-hybridized carbons (Fsp3) is 0.294. The van der Waals surface area contributed by atoms with E-state index < -0.39 is 0 Å². The molecular formula is C34H32N2O. The molecule has 184 valence electrons. The first-order chi connectivity index (χ1) is 18.1. The van der Waals surface area contributed by atoms with Crippen LogP contribution in [0.1, 0.15) is 45.5 Å². The number of benzene rings is 4. The highest BCUT2D eigenvalue weighted by Crippen LogP contribution is 2.47. The van der Waals surface area contributed by atoms with Crippen molar-refractivity contribution in [1.29, 1.82) is 0 Å². The van der Waals surface area contributed by atoms with Gasteiger partial charge in [-0.1, -0.05) is 48.5 Å². The lowest BCUT2D eigenvalue weighted by atomic mass is 9.77. The van der Waals surface area contributed by atoms with Gasteiger partial charge in [-0.2, -0.15) is 0 Å². The minimum Gasteiger partial charge on any atom is -0.457 e. The molecule has 0 spiro atoms. The lowest BCUT2D eigenvalue weighted by molar-refractivity contribution is 0.228. The molecule has 2 heterocycles. The number of likely N-dealkylation sites (N-methyl/N-ethyl adjacent to an activating group) is 2. The smallest absolute Gasteiger partial charge is 0.128 e. The van der Waals surface area contributed by atoms with Crippen LogP contribution in [-0.4, -0.2) is 37.0 Å². The molecule has 0 saturated carbocycles. The highest BCUT2D eigenvalue weighted by atomic mass is 16.5. The molecule has 2 aliphatic heterocycles. The summed E-state index contributed by atoms with van der Waals surface area (Å²) in [7, 11) is 4.54. The van der Waals surface area contributed by atoms with Gasteiger partial charge in [-0.3, -0.25) is 9.80 Å². The monoisotopic (exact) mass is 484 g/mol. The molecule has 0 unspecified atom stereocenters. The summed E-state index contributed by atoms with van der Waals surface area (Å²) < 4.78 is 6.54. The Morgan fingerprint density at radius 1 is 0.568 bits per heavy atom. The maximum absolute atomic E-state index is 6.54. The predicted molar refractivity (Wildman–Crippen MR) is 149 cm³/mol. The largest absolute Gasteiger partial charge is 0.457 e. The van der Waals surface area contributed by atoms with Gasteiger partial charge in [0.2, 0.25) is 0 Å². The Labute approximate surface area is 219 Å². The molecule has 2 atom stereocenters. The van der Waals surface area contributed by atoms with Crippen LogP contribution in [0.2, 0.25) is 0 Å². The molecule has 0 N–H and O–H groups in total. The van der Waals surface area contributed by atoms with Gasteiger partial charge in [0.15, 0.2) is 0 Å². The van der Waals surface area contributed by atoms with E-state index in [1.165, 1.54) is 50.1 Å². The van der Waals surface area contributed by atoms with Crippen LogP contribution in [0.5, 0.6) is 11.5 Å². The molecule has 37 heavy (non-hydrogen) atoms. The fourth-order valence-corrected chi connectivity index (χ4v) is 7.45. The number of rotatable bonds is 2. The summed E-state index contributed by atoms with van der Waals surface area (Å²) in [6.07, 6.45) is 4.40. The number of nitrogens with zero attached hydrogens (tertiary/aromatic N) is 2. The normalized spacial score (nSPS) is 21.5. The Bertz CT molecular complexity index is 1570. The molecule has 0 radical (unpaired) electrons. The Morgan fingerprint density at radius 3 is 1.86 bits per heavy atom. The SMILES string of the molecule is CN1CCc2cccc3c2[C@H]1Cc1cc(Oc2ccc4c(c2)-c2cccc5c2[C@@H](C4)N(C)CC5)ccc1-3. The van der Waals surface area contributed by atoms with Crippen LogP contribution in [0.15, 0.2) is 72.8 Å². The van der Waals surface area contributed by atoms with Gasteiger partial charge in [-0.05, 0) is 120 Å². The van der Waals surface area contributed by atoms with Crippen molar-refractivity contribution < 1.29 is 4.74 Å². The summed E-state index contributed by atoms with van der Waals surface area (Å²) in [5.74, 6) is 1.85. The molecular weight excluding hydrogens is 452 g/mol. The molecule has 4 aromatic carbocycles. The molecule has 4 aromatic rings. The summed E-state index contributed by atoms with van der Waals surface area (Å²) in [6, 6.07) is 28.1. The van der Waals surface area contributed by atoms with Crippen LogP contribution in [0.25, 0.3) is 22.3 Å². The first-order valence-electron chi connectivity index (χ1n) is 13.7. The van der Waals surface area contributed by atoms with E-state index in [0.29, 0.717) is 12.1 Å². The summed E-state index contributed by atoms with van der Waals surface area (Å²) in [5, 5.41) is 0. The Balaban J connectivity index is 1.15. The van der Waals surface area contributed by atoms with E-state index in [-0.39, 0.29) is 0 Å². The zero-order chi connectivity index (χ0) is 24.7. The van der Waals surface area contributed by atoms with Gasteiger partial charge >= 0.3 is 0 Å². The van der Waals surface area contributed by atoms with E-state index in [2.05, 4.69) is 96.7 Å². The summed E-state index contributed by atoms with van der Waals surface area (Å²) in [4.78, 5) is 5.05. The minimum atomic E-state index is 0.460. The van der Waals surface area contributed by atoms with E-state index in [9.17, 15) is 0 Å². The third-order valence-electron chi connectivity index (χ3n) is 9.39. The molecule has 0 saturated heterocycles. The molecule has 0 fully saturated rings. The summed E-state index contributed by atoms with van der Waals surface area (Å²) in [6.45, 7) is 2.26. The van der Waals surface area contributed by atoms with E-state index in [0.717, 1.165) is 50.3 Å². The van der Waals surface area contributed by atoms with Crippen molar-refractivity contribution in [3.8, 4) is 33.8 Å². The second kappa shape index (κ2) is 8.05. The first kappa shape index (κ1) is 21.7. The topological polar surface area (TPSA) is 15.7 Å². The molecule has 2 aliphatic carbocycles. The van der Waals surface area contributed by atoms with E-state index >= 15 is 0 Å².